The molecule has 128 valence electrons. The number of nitrogen functional groups attached to an aromatic ring is 1. The van der Waals surface area contributed by atoms with Gasteiger partial charge in [-0.3, -0.25) is 0 Å². The first-order valence-electron chi connectivity index (χ1n) is 6.93. The van der Waals surface area contributed by atoms with Crippen LogP contribution in [0.25, 0.3) is 11.4 Å². The number of methoxy groups -OCH3 is 1. The molecule has 0 fully saturated rings. The number of ether oxygens (including phenoxy) is 2. The summed E-state index contributed by atoms with van der Waals surface area (Å²) in [5.41, 5.74) is 5.43. The SMILES string of the molecule is CCCOC(=O)c1nc(-c2ccc(Cl)c(OC)c2F)nc(N)c1Cl. The lowest BCUT2D eigenvalue weighted by Crippen LogP contribution is -2.12. The van der Waals surface area contributed by atoms with Crippen molar-refractivity contribution in [2.45, 2.75) is 13.3 Å². The summed E-state index contributed by atoms with van der Waals surface area (Å²) in [5.74, 6) is -2.01. The van der Waals surface area contributed by atoms with Gasteiger partial charge in [0.15, 0.2) is 23.1 Å². The van der Waals surface area contributed by atoms with Crippen LogP contribution in [-0.2, 0) is 4.74 Å². The summed E-state index contributed by atoms with van der Waals surface area (Å²) in [4.78, 5) is 19.9. The van der Waals surface area contributed by atoms with Crippen molar-refractivity contribution in [3.63, 3.8) is 0 Å². The highest BCUT2D eigenvalue weighted by atomic mass is 35.5. The predicted molar refractivity (Wildman–Crippen MR) is 89.0 cm³/mol. The number of aromatic nitrogens is 2. The Kier molecular flexibility index (Phi) is 5.80. The van der Waals surface area contributed by atoms with Gasteiger partial charge in [-0.2, -0.15) is 0 Å². The number of nitrogens with zero attached hydrogens (tertiary/aromatic N) is 2. The second-order valence-corrected chi connectivity index (χ2v) is 5.46. The van der Waals surface area contributed by atoms with Gasteiger partial charge in [0.2, 0.25) is 0 Å². The zero-order valence-electron chi connectivity index (χ0n) is 12.9. The number of halogens is 3. The first-order chi connectivity index (χ1) is 11.4. The highest BCUT2D eigenvalue weighted by Crippen LogP contribution is 2.34. The third-order valence-electron chi connectivity index (χ3n) is 3.00. The smallest absolute Gasteiger partial charge is 0.358 e. The van der Waals surface area contributed by atoms with Gasteiger partial charge in [0.25, 0.3) is 0 Å². The number of nitrogens with two attached hydrogens (primary N) is 1. The molecule has 0 spiro atoms. The molecule has 0 saturated heterocycles. The van der Waals surface area contributed by atoms with Gasteiger partial charge in [-0.15, -0.1) is 0 Å². The number of hydrogen-bond donors (Lipinski definition) is 1. The van der Waals surface area contributed by atoms with Crippen LogP contribution in [0.1, 0.15) is 23.8 Å². The largest absolute Gasteiger partial charge is 0.492 e. The lowest BCUT2D eigenvalue weighted by atomic mass is 10.1. The Morgan fingerprint density at radius 2 is 2.04 bits per heavy atom. The minimum atomic E-state index is -0.778. The van der Waals surface area contributed by atoms with Gasteiger partial charge in [0.05, 0.1) is 24.3 Å². The molecule has 0 aliphatic heterocycles. The summed E-state index contributed by atoms with van der Waals surface area (Å²) in [7, 11) is 1.28. The topological polar surface area (TPSA) is 87.3 Å². The van der Waals surface area contributed by atoms with Crippen molar-refractivity contribution in [2.24, 2.45) is 0 Å². The Morgan fingerprint density at radius 1 is 1.33 bits per heavy atom. The quantitative estimate of drug-likeness (QED) is 0.803. The number of rotatable bonds is 5. The summed E-state index contributed by atoms with van der Waals surface area (Å²) in [5, 5.41) is -0.0653. The highest BCUT2D eigenvalue weighted by molar-refractivity contribution is 6.35. The van der Waals surface area contributed by atoms with E-state index in [1.54, 1.807) is 0 Å². The lowest BCUT2D eigenvalue weighted by molar-refractivity contribution is 0.0498. The van der Waals surface area contributed by atoms with E-state index in [2.05, 4.69) is 9.97 Å². The number of hydrogen-bond acceptors (Lipinski definition) is 6. The molecule has 0 aliphatic rings. The van der Waals surface area contributed by atoms with Crippen molar-refractivity contribution >= 4 is 35.0 Å². The molecular weight excluding hydrogens is 360 g/mol. The first kappa shape index (κ1) is 18.2. The van der Waals surface area contributed by atoms with Crippen molar-refractivity contribution in [1.29, 1.82) is 0 Å². The molecule has 0 saturated carbocycles. The van der Waals surface area contributed by atoms with Crippen LogP contribution in [0.4, 0.5) is 10.2 Å². The van der Waals surface area contributed by atoms with Crippen LogP contribution in [0, 0.1) is 5.82 Å². The second kappa shape index (κ2) is 7.63. The van der Waals surface area contributed by atoms with E-state index in [1.807, 2.05) is 6.92 Å². The molecule has 0 bridgehead atoms. The van der Waals surface area contributed by atoms with Crippen LogP contribution in [0.2, 0.25) is 10.0 Å². The van der Waals surface area contributed by atoms with E-state index in [-0.39, 0.29) is 45.3 Å². The maximum absolute atomic E-state index is 14.5. The summed E-state index contributed by atoms with van der Waals surface area (Å²) in [6, 6.07) is 2.77. The van der Waals surface area contributed by atoms with Gasteiger partial charge in [-0.1, -0.05) is 30.1 Å². The molecule has 0 unspecified atom stereocenters. The standard InChI is InChI=1S/C15H14Cl2FN3O3/c1-3-6-24-15(22)11-9(17)13(19)21-14(20-11)7-4-5-8(16)12(23-2)10(7)18/h4-5H,3,6H2,1-2H3,(H2,19,20,21). The van der Waals surface area contributed by atoms with Crippen LogP contribution in [-0.4, -0.2) is 29.7 Å². The maximum Gasteiger partial charge on any atom is 0.358 e. The first-order valence-corrected chi connectivity index (χ1v) is 7.68. The van der Waals surface area contributed by atoms with Gasteiger partial charge in [-0.25, -0.2) is 19.2 Å². The van der Waals surface area contributed by atoms with Crippen molar-refractivity contribution < 1.29 is 18.7 Å². The maximum atomic E-state index is 14.5. The number of carbonyl (C=O) groups is 1. The zero-order valence-corrected chi connectivity index (χ0v) is 14.4. The molecule has 6 nitrogen and oxygen atoms in total. The number of carbonyl (C=O) groups excluding carboxylic acids is 1. The van der Waals surface area contributed by atoms with E-state index >= 15 is 0 Å². The molecule has 0 aliphatic carbocycles. The zero-order chi connectivity index (χ0) is 17.9. The molecule has 0 atom stereocenters. The third kappa shape index (κ3) is 3.52. The van der Waals surface area contributed by atoms with E-state index < -0.39 is 11.8 Å². The Bertz CT molecular complexity index is 787. The van der Waals surface area contributed by atoms with Crippen LogP contribution in [0.3, 0.4) is 0 Å². The fraction of sp³-hybridized carbons (Fsp3) is 0.267. The van der Waals surface area contributed by atoms with E-state index in [1.165, 1.54) is 19.2 Å². The molecule has 2 rings (SSSR count). The molecule has 1 aromatic heterocycles. The van der Waals surface area contributed by atoms with Gasteiger partial charge < -0.3 is 15.2 Å². The molecular formula is C15H14Cl2FN3O3. The van der Waals surface area contributed by atoms with Crippen molar-refractivity contribution in [3.8, 4) is 17.1 Å². The van der Waals surface area contributed by atoms with Gasteiger partial charge in [-0.05, 0) is 18.6 Å². The van der Waals surface area contributed by atoms with Crippen molar-refractivity contribution in [3.05, 3.63) is 33.7 Å². The Labute approximate surface area is 147 Å². The highest BCUT2D eigenvalue weighted by Gasteiger charge is 2.22. The monoisotopic (exact) mass is 373 g/mol. The lowest BCUT2D eigenvalue weighted by Gasteiger charge is -2.11. The summed E-state index contributed by atoms with van der Waals surface area (Å²) in [6.07, 6.45) is 0.625. The van der Waals surface area contributed by atoms with Gasteiger partial charge in [0, 0.05) is 0 Å². The fourth-order valence-corrected chi connectivity index (χ4v) is 2.26. The Balaban J connectivity index is 2.57. The van der Waals surface area contributed by atoms with Crippen LogP contribution < -0.4 is 10.5 Å². The van der Waals surface area contributed by atoms with E-state index in [4.69, 9.17) is 38.4 Å². The predicted octanol–water partition coefficient (Wildman–Crippen LogP) is 3.75. The summed E-state index contributed by atoms with van der Waals surface area (Å²) >= 11 is 11.8. The van der Waals surface area contributed by atoms with Crippen LogP contribution in [0.5, 0.6) is 5.75 Å². The summed E-state index contributed by atoms with van der Waals surface area (Å²) < 4.78 is 24.4. The second-order valence-electron chi connectivity index (χ2n) is 4.67. The fourth-order valence-electron chi connectivity index (χ4n) is 1.88. The molecule has 1 aromatic carbocycles. The minimum Gasteiger partial charge on any atom is -0.492 e. The number of anilines is 1. The average Bonchev–Trinajstić information content (AvgIpc) is 2.55. The number of benzene rings is 1. The van der Waals surface area contributed by atoms with Gasteiger partial charge in [0.1, 0.15) is 10.8 Å². The van der Waals surface area contributed by atoms with Gasteiger partial charge >= 0.3 is 5.97 Å². The molecule has 1 heterocycles. The van der Waals surface area contributed by atoms with Crippen LogP contribution in [0.15, 0.2) is 12.1 Å². The molecule has 2 aromatic rings. The van der Waals surface area contributed by atoms with Crippen molar-refractivity contribution in [1.82, 2.24) is 9.97 Å². The minimum absolute atomic E-state index is 0.0378. The van der Waals surface area contributed by atoms with E-state index in [9.17, 15) is 9.18 Å². The molecule has 24 heavy (non-hydrogen) atoms. The van der Waals surface area contributed by atoms with E-state index in [0.717, 1.165) is 0 Å². The Hall–Kier alpha value is -2.12. The molecule has 2 N–H and O–H groups in total. The molecule has 9 heteroatoms. The summed E-state index contributed by atoms with van der Waals surface area (Å²) in [6.45, 7) is 2.03. The van der Waals surface area contributed by atoms with E-state index in [0.29, 0.717) is 6.42 Å². The molecule has 0 amide bonds. The average molecular weight is 374 g/mol. The van der Waals surface area contributed by atoms with Crippen LogP contribution >= 0.6 is 23.2 Å². The van der Waals surface area contributed by atoms with Crippen molar-refractivity contribution in [2.75, 3.05) is 19.5 Å². The third-order valence-corrected chi connectivity index (χ3v) is 3.67. The Morgan fingerprint density at radius 3 is 2.67 bits per heavy atom. The number of esters is 1. The molecule has 0 radical (unpaired) electrons. The normalized spacial score (nSPS) is 10.5.